The van der Waals surface area contributed by atoms with Crippen LogP contribution in [0.25, 0.3) is 0 Å². The fourth-order valence-electron chi connectivity index (χ4n) is 3.19. The molecule has 1 aromatic heterocycles. The van der Waals surface area contributed by atoms with Crippen molar-refractivity contribution in [2.24, 2.45) is 16.7 Å². The van der Waals surface area contributed by atoms with E-state index in [0.29, 0.717) is 4.88 Å². The molecule has 8 heteroatoms. The van der Waals surface area contributed by atoms with Gasteiger partial charge in [0.15, 0.2) is 0 Å². The SMILES string of the molecule is COC(=O)/C(F)=C/[C@@H]1C(C)(C)[C@]1(CC#Cc1ccc(C(F)F)s1)C(=O)O. The number of allylic oxidation sites excluding steroid dienone is 1. The lowest BCUT2D eigenvalue weighted by Crippen LogP contribution is -2.21. The van der Waals surface area contributed by atoms with Gasteiger partial charge < -0.3 is 9.84 Å². The molecule has 0 unspecified atom stereocenters. The second-order valence-electron chi connectivity index (χ2n) is 6.46. The first-order valence-electron chi connectivity index (χ1n) is 7.63. The van der Waals surface area contributed by atoms with Crippen LogP contribution < -0.4 is 0 Å². The first kappa shape index (κ1) is 20.0. The highest BCUT2D eigenvalue weighted by Crippen LogP contribution is 2.71. The van der Waals surface area contributed by atoms with E-state index in [9.17, 15) is 27.9 Å². The van der Waals surface area contributed by atoms with Gasteiger partial charge in [-0.2, -0.15) is 4.39 Å². The maximum atomic E-state index is 13.8. The highest BCUT2D eigenvalue weighted by Gasteiger charge is 2.74. The molecule has 0 amide bonds. The fourth-order valence-corrected chi connectivity index (χ4v) is 3.93. The lowest BCUT2D eigenvalue weighted by atomic mass is 9.92. The van der Waals surface area contributed by atoms with Gasteiger partial charge in [-0.3, -0.25) is 4.79 Å². The number of hydrogen-bond donors (Lipinski definition) is 1. The van der Waals surface area contributed by atoms with Gasteiger partial charge in [-0.15, -0.1) is 11.3 Å². The number of halogens is 3. The number of alkyl halides is 2. The third-order valence-corrected chi connectivity index (χ3v) is 5.88. The van der Waals surface area contributed by atoms with Gasteiger partial charge in [0, 0.05) is 12.3 Å². The van der Waals surface area contributed by atoms with Gasteiger partial charge in [-0.1, -0.05) is 25.7 Å². The topological polar surface area (TPSA) is 63.6 Å². The van der Waals surface area contributed by atoms with E-state index in [1.165, 1.54) is 12.1 Å². The summed E-state index contributed by atoms with van der Waals surface area (Å²) in [5, 5.41) is 9.66. The normalized spacial score (nSPS) is 24.0. The van der Waals surface area contributed by atoms with Crippen LogP contribution in [0.4, 0.5) is 13.2 Å². The Labute approximate surface area is 152 Å². The quantitative estimate of drug-likeness (QED) is 0.468. The van der Waals surface area contributed by atoms with E-state index in [1.807, 2.05) is 0 Å². The van der Waals surface area contributed by atoms with Gasteiger partial charge in [-0.25, -0.2) is 13.6 Å². The summed E-state index contributed by atoms with van der Waals surface area (Å²) >= 11 is 0.834. The molecule has 26 heavy (non-hydrogen) atoms. The predicted molar refractivity (Wildman–Crippen MR) is 89.3 cm³/mol. The number of carbonyl (C=O) groups excluding carboxylic acids is 1. The molecule has 1 saturated carbocycles. The van der Waals surface area contributed by atoms with Crippen LogP contribution >= 0.6 is 11.3 Å². The minimum atomic E-state index is -2.58. The summed E-state index contributed by atoms with van der Waals surface area (Å²) in [5.41, 5.74) is -2.20. The van der Waals surface area contributed by atoms with Crippen molar-refractivity contribution in [3.8, 4) is 11.8 Å². The zero-order chi connectivity index (χ0) is 19.7. The van der Waals surface area contributed by atoms with Crippen molar-refractivity contribution >= 4 is 23.3 Å². The summed E-state index contributed by atoms with van der Waals surface area (Å²) in [6, 6.07) is 2.71. The molecule has 140 valence electrons. The van der Waals surface area contributed by atoms with E-state index < -0.39 is 40.9 Å². The average molecular weight is 386 g/mol. The molecule has 1 heterocycles. The second kappa shape index (κ2) is 7.16. The van der Waals surface area contributed by atoms with Crippen molar-refractivity contribution in [2.45, 2.75) is 26.7 Å². The van der Waals surface area contributed by atoms with Crippen LogP contribution in [-0.2, 0) is 14.3 Å². The highest BCUT2D eigenvalue weighted by atomic mass is 32.1. The summed E-state index contributed by atoms with van der Waals surface area (Å²) in [6.07, 6.45) is -1.73. The molecule has 1 N–H and O–H groups in total. The van der Waals surface area contributed by atoms with Crippen LogP contribution in [0.1, 0.15) is 36.4 Å². The molecule has 2 rings (SSSR count). The Bertz CT molecular complexity index is 816. The lowest BCUT2D eigenvalue weighted by Gasteiger charge is -2.11. The van der Waals surface area contributed by atoms with Gasteiger partial charge in [-0.05, 0) is 23.6 Å². The molecule has 1 aromatic rings. The second-order valence-corrected chi connectivity index (χ2v) is 7.58. The van der Waals surface area contributed by atoms with Gasteiger partial charge in [0.1, 0.15) is 0 Å². The zero-order valence-corrected chi connectivity index (χ0v) is 15.1. The number of carbonyl (C=O) groups is 2. The number of carboxylic acids is 1. The Balaban J connectivity index is 2.25. The minimum absolute atomic E-state index is 0.104. The highest BCUT2D eigenvalue weighted by molar-refractivity contribution is 7.12. The smallest absolute Gasteiger partial charge is 0.366 e. The Hall–Kier alpha value is -2.27. The Morgan fingerprint density at radius 3 is 2.58 bits per heavy atom. The molecule has 2 atom stereocenters. The number of aliphatic carboxylic acids is 1. The molecule has 0 spiro atoms. The molecular formula is C18H17F3O4S. The van der Waals surface area contributed by atoms with Crippen LogP contribution in [0.2, 0.25) is 0 Å². The third-order valence-electron chi connectivity index (χ3n) is 4.87. The summed E-state index contributed by atoms with van der Waals surface area (Å²) in [4.78, 5) is 23.3. The molecule has 0 radical (unpaired) electrons. The number of thiophene rings is 1. The monoisotopic (exact) mass is 386 g/mol. The number of ether oxygens (including phenoxy) is 1. The maximum absolute atomic E-state index is 13.8. The summed E-state index contributed by atoms with van der Waals surface area (Å²) in [5.74, 6) is 1.16. The van der Waals surface area contributed by atoms with Gasteiger partial charge >= 0.3 is 11.9 Å². The molecule has 4 nitrogen and oxygen atoms in total. The van der Waals surface area contributed by atoms with E-state index in [4.69, 9.17) is 0 Å². The van der Waals surface area contributed by atoms with E-state index in [0.717, 1.165) is 24.5 Å². The van der Waals surface area contributed by atoms with Crippen LogP contribution in [0.3, 0.4) is 0 Å². The number of esters is 1. The van der Waals surface area contributed by atoms with Gasteiger partial charge in [0.2, 0.25) is 5.83 Å². The Morgan fingerprint density at radius 2 is 2.08 bits per heavy atom. The molecule has 1 fully saturated rings. The summed E-state index contributed by atoms with van der Waals surface area (Å²) in [6.45, 7) is 3.29. The molecule has 0 bridgehead atoms. The molecule has 0 saturated heterocycles. The predicted octanol–water partition coefficient (Wildman–Crippen LogP) is 4.18. The number of rotatable bonds is 5. The number of hydrogen-bond acceptors (Lipinski definition) is 4. The molecule has 0 aromatic carbocycles. The number of methoxy groups -OCH3 is 1. The van der Waals surface area contributed by atoms with Gasteiger partial charge in [0.05, 0.1) is 22.3 Å². The maximum Gasteiger partial charge on any atom is 0.366 e. The largest absolute Gasteiger partial charge is 0.481 e. The van der Waals surface area contributed by atoms with Crippen LogP contribution in [-0.4, -0.2) is 24.2 Å². The standard InChI is InChI=1S/C18H17F3O4S/c1-17(2)13(9-11(19)15(22)25-3)18(17,16(23)24)8-4-5-10-6-7-12(26-10)14(20)21/h6-7,9,13-14H,8H2,1-3H3,(H,23,24)/b11-9-/t13-,18+/m1/s1. The first-order valence-corrected chi connectivity index (χ1v) is 8.45. The van der Waals surface area contributed by atoms with Crippen molar-refractivity contribution in [1.82, 2.24) is 0 Å². The van der Waals surface area contributed by atoms with E-state index in [-0.39, 0.29) is 11.3 Å². The average Bonchev–Trinajstić information content (AvgIpc) is 2.91. The van der Waals surface area contributed by atoms with Crippen molar-refractivity contribution in [3.05, 3.63) is 33.8 Å². The van der Waals surface area contributed by atoms with E-state index in [2.05, 4.69) is 16.6 Å². The molecule has 1 aliphatic rings. The van der Waals surface area contributed by atoms with E-state index >= 15 is 0 Å². The van der Waals surface area contributed by atoms with Crippen LogP contribution in [0, 0.1) is 28.6 Å². The Kier molecular flexibility index (Phi) is 5.52. The third kappa shape index (κ3) is 3.36. The minimum Gasteiger partial charge on any atom is -0.481 e. The fraction of sp³-hybridized carbons (Fsp3) is 0.444. The number of carboxylic acid groups (broad SMARTS) is 1. The Morgan fingerprint density at radius 1 is 1.42 bits per heavy atom. The van der Waals surface area contributed by atoms with E-state index in [1.54, 1.807) is 13.8 Å². The van der Waals surface area contributed by atoms with Crippen molar-refractivity contribution in [1.29, 1.82) is 0 Å². The lowest BCUT2D eigenvalue weighted by molar-refractivity contribution is -0.145. The van der Waals surface area contributed by atoms with Crippen molar-refractivity contribution in [2.75, 3.05) is 7.11 Å². The van der Waals surface area contributed by atoms with Crippen LogP contribution in [0.15, 0.2) is 24.0 Å². The molecule has 0 aliphatic heterocycles. The molecule has 1 aliphatic carbocycles. The zero-order valence-electron chi connectivity index (χ0n) is 14.3. The first-order chi connectivity index (χ1) is 12.1. The van der Waals surface area contributed by atoms with Crippen LogP contribution in [0.5, 0.6) is 0 Å². The molecular weight excluding hydrogens is 369 g/mol. The summed E-state index contributed by atoms with van der Waals surface area (Å²) < 4.78 is 43.2. The van der Waals surface area contributed by atoms with Crippen molar-refractivity contribution < 1.29 is 32.6 Å². The van der Waals surface area contributed by atoms with Gasteiger partial charge in [0.25, 0.3) is 6.43 Å². The van der Waals surface area contributed by atoms with Crippen molar-refractivity contribution in [3.63, 3.8) is 0 Å². The summed E-state index contributed by atoms with van der Waals surface area (Å²) in [7, 11) is 1.03.